The molecule has 164 valence electrons. The van der Waals surface area contributed by atoms with Crippen molar-refractivity contribution in [3.63, 3.8) is 0 Å². The first-order valence-corrected chi connectivity index (χ1v) is 10.9. The van der Waals surface area contributed by atoms with Crippen LogP contribution in [0.25, 0.3) is 0 Å². The van der Waals surface area contributed by atoms with Crippen LogP contribution in [0.2, 0.25) is 5.02 Å². The van der Waals surface area contributed by atoms with Gasteiger partial charge in [-0.25, -0.2) is 4.79 Å². The minimum absolute atomic E-state index is 0.0473. The first kappa shape index (κ1) is 20.2. The number of rotatable bonds is 5. The third kappa shape index (κ3) is 3.33. The van der Waals surface area contributed by atoms with Gasteiger partial charge in [-0.05, 0) is 42.5 Å². The van der Waals surface area contributed by atoms with E-state index in [4.69, 9.17) is 16.3 Å². The summed E-state index contributed by atoms with van der Waals surface area (Å²) < 4.78 is 7.24. The summed E-state index contributed by atoms with van der Waals surface area (Å²) in [5, 5.41) is 7.62. The minimum atomic E-state index is -0.393. The van der Waals surface area contributed by atoms with E-state index in [2.05, 4.69) is 16.5 Å². The standard InChI is InChI=1S/C22H26ClN5O3/c1-26(2)14-4-5-15-16(6-14)18(7-19-17(23)10-25-27(19)3)28(20(15)29)11-13-8-22(9-13)12-24-21(30)31-22/h4-6,10,13,18H,7-9,11-12H2,1-3H3,(H,24,30). The quantitative estimate of drug-likeness (QED) is 0.768. The number of fused-ring (bicyclic) bond motifs is 1. The molecule has 3 heterocycles. The second-order valence-electron chi connectivity index (χ2n) is 9.11. The Morgan fingerprint density at radius 1 is 1.32 bits per heavy atom. The first-order valence-electron chi connectivity index (χ1n) is 10.5. The van der Waals surface area contributed by atoms with Gasteiger partial charge in [-0.2, -0.15) is 5.10 Å². The average Bonchev–Trinajstić information content (AvgIpc) is 3.33. The van der Waals surface area contributed by atoms with Gasteiger partial charge in [0.2, 0.25) is 0 Å². The molecule has 0 radical (unpaired) electrons. The summed E-state index contributed by atoms with van der Waals surface area (Å²) in [5.74, 6) is 0.342. The van der Waals surface area contributed by atoms with Gasteiger partial charge in [0, 0.05) is 45.4 Å². The molecule has 1 saturated carbocycles. The van der Waals surface area contributed by atoms with E-state index >= 15 is 0 Å². The summed E-state index contributed by atoms with van der Waals surface area (Å²) in [5.41, 5.74) is 3.34. The number of halogens is 1. The molecular weight excluding hydrogens is 418 g/mol. The Morgan fingerprint density at radius 3 is 2.71 bits per heavy atom. The molecule has 3 aliphatic rings. The number of aryl methyl sites for hydroxylation is 1. The second-order valence-corrected chi connectivity index (χ2v) is 9.51. The number of benzene rings is 1. The molecule has 5 rings (SSSR count). The van der Waals surface area contributed by atoms with Crippen LogP contribution in [0.1, 0.15) is 40.5 Å². The van der Waals surface area contributed by atoms with E-state index in [-0.39, 0.29) is 18.0 Å². The highest BCUT2D eigenvalue weighted by Gasteiger charge is 2.52. The summed E-state index contributed by atoms with van der Waals surface area (Å²) in [6.07, 6.45) is 3.44. The molecule has 2 aromatic rings. The number of aromatic nitrogens is 2. The van der Waals surface area contributed by atoms with Crippen molar-refractivity contribution >= 4 is 29.3 Å². The molecule has 1 spiro atoms. The Bertz CT molecular complexity index is 1040. The lowest BCUT2D eigenvalue weighted by Crippen LogP contribution is -2.51. The van der Waals surface area contributed by atoms with Crippen LogP contribution in [0.15, 0.2) is 24.4 Å². The van der Waals surface area contributed by atoms with Crippen molar-refractivity contribution in [2.75, 3.05) is 32.1 Å². The molecule has 1 aromatic heterocycles. The van der Waals surface area contributed by atoms with E-state index in [9.17, 15) is 9.59 Å². The molecule has 2 amide bonds. The van der Waals surface area contributed by atoms with Crippen LogP contribution in [0.4, 0.5) is 10.5 Å². The van der Waals surface area contributed by atoms with Crippen LogP contribution in [0, 0.1) is 5.92 Å². The zero-order chi connectivity index (χ0) is 21.9. The monoisotopic (exact) mass is 443 g/mol. The summed E-state index contributed by atoms with van der Waals surface area (Å²) in [7, 11) is 5.86. The van der Waals surface area contributed by atoms with Crippen LogP contribution < -0.4 is 10.2 Å². The van der Waals surface area contributed by atoms with Crippen LogP contribution in [0.3, 0.4) is 0 Å². The van der Waals surface area contributed by atoms with Crippen LogP contribution in [-0.2, 0) is 18.2 Å². The van der Waals surface area contributed by atoms with Crippen molar-refractivity contribution in [2.45, 2.75) is 30.9 Å². The van der Waals surface area contributed by atoms with E-state index in [1.807, 2.05) is 43.1 Å². The Morgan fingerprint density at radius 2 is 2.10 bits per heavy atom. The number of anilines is 1. The van der Waals surface area contributed by atoms with Crippen molar-refractivity contribution in [2.24, 2.45) is 13.0 Å². The number of hydrogen-bond acceptors (Lipinski definition) is 5. The number of nitrogens with one attached hydrogen (secondary N) is 1. The molecule has 2 fully saturated rings. The van der Waals surface area contributed by atoms with Gasteiger partial charge in [-0.15, -0.1) is 0 Å². The largest absolute Gasteiger partial charge is 0.441 e. The fraction of sp³-hybridized carbons (Fsp3) is 0.500. The highest BCUT2D eigenvalue weighted by molar-refractivity contribution is 6.31. The molecule has 1 N–H and O–H groups in total. The Labute approximate surface area is 186 Å². The lowest BCUT2D eigenvalue weighted by atomic mass is 9.70. The fourth-order valence-corrected chi connectivity index (χ4v) is 5.41. The predicted octanol–water partition coefficient (Wildman–Crippen LogP) is 2.77. The van der Waals surface area contributed by atoms with Gasteiger partial charge in [-0.3, -0.25) is 9.48 Å². The molecule has 0 bridgehead atoms. The van der Waals surface area contributed by atoms with Crippen molar-refractivity contribution in [1.82, 2.24) is 20.0 Å². The smallest absolute Gasteiger partial charge is 0.407 e. The van der Waals surface area contributed by atoms with Gasteiger partial charge < -0.3 is 19.9 Å². The molecule has 1 atom stereocenters. The maximum absolute atomic E-state index is 13.4. The van der Waals surface area contributed by atoms with Crippen molar-refractivity contribution in [1.29, 1.82) is 0 Å². The van der Waals surface area contributed by atoms with E-state index in [0.29, 0.717) is 30.5 Å². The molecule has 1 aliphatic carbocycles. The summed E-state index contributed by atoms with van der Waals surface area (Å²) in [6, 6.07) is 5.90. The number of ether oxygens (including phenoxy) is 1. The van der Waals surface area contributed by atoms with E-state index in [1.54, 1.807) is 10.9 Å². The molecule has 1 saturated heterocycles. The first-order chi connectivity index (χ1) is 14.8. The number of carbonyl (C=O) groups is 2. The van der Waals surface area contributed by atoms with Crippen molar-refractivity contribution < 1.29 is 14.3 Å². The Balaban J connectivity index is 1.43. The minimum Gasteiger partial charge on any atom is -0.441 e. The number of alkyl carbamates (subject to hydrolysis) is 1. The van der Waals surface area contributed by atoms with Gasteiger partial charge in [0.1, 0.15) is 5.60 Å². The highest BCUT2D eigenvalue weighted by atomic mass is 35.5. The van der Waals surface area contributed by atoms with Gasteiger partial charge in [0.05, 0.1) is 29.5 Å². The van der Waals surface area contributed by atoms with E-state index in [0.717, 1.165) is 35.3 Å². The zero-order valence-corrected chi connectivity index (χ0v) is 18.6. The van der Waals surface area contributed by atoms with Gasteiger partial charge >= 0.3 is 6.09 Å². The summed E-state index contributed by atoms with van der Waals surface area (Å²) in [6.45, 7) is 1.18. The van der Waals surface area contributed by atoms with Gasteiger partial charge in [0.15, 0.2) is 0 Å². The fourth-order valence-electron chi connectivity index (χ4n) is 5.17. The Kier molecular flexibility index (Phi) is 4.66. The van der Waals surface area contributed by atoms with Crippen LogP contribution in [0.5, 0.6) is 0 Å². The topological polar surface area (TPSA) is 79.7 Å². The average molecular weight is 444 g/mol. The number of amides is 2. The molecule has 1 unspecified atom stereocenters. The summed E-state index contributed by atoms with van der Waals surface area (Å²) >= 11 is 6.41. The lowest BCUT2D eigenvalue weighted by molar-refractivity contribution is -0.0555. The number of carbonyl (C=O) groups excluding carboxylic acids is 2. The summed E-state index contributed by atoms with van der Waals surface area (Å²) in [4.78, 5) is 28.9. The molecule has 9 heteroatoms. The van der Waals surface area contributed by atoms with Gasteiger partial charge in [0.25, 0.3) is 5.91 Å². The SMILES string of the molecule is CN(C)c1ccc2c(c1)C(Cc1c(Cl)cnn1C)N(CC1CC3(CNC(=O)O3)C1)C2=O. The Hall–Kier alpha value is -2.74. The normalized spacial score (nSPS) is 26.6. The third-order valence-electron chi connectivity index (χ3n) is 6.82. The second kappa shape index (κ2) is 7.15. The van der Waals surface area contributed by atoms with E-state index in [1.165, 1.54) is 0 Å². The lowest BCUT2D eigenvalue weighted by Gasteiger charge is -2.44. The number of hydrogen-bond donors (Lipinski definition) is 1. The third-order valence-corrected chi connectivity index (χ3v) is 7.13. The van der Waals surface area contributed by atoms with E-state index < -0.39 is 5.60 Å². The molecule has 1 aromatic carbocycles. The molecule has 2 aliphatic heterocycles. The van der Waals surface area contributed by atoms with Gasteiger partial charge in [-0.1, -0.05) is 11.6 Å². The maximum atomic E-state index is 13.4. The molecular formula is C22H26ClN5O3. The van der Waals surface area contributed by atoms with Crippen LogP contribution in [-0.4, -0.2) is 59.5 Å². The molecule has 31 heavy (non-hydrogen) atoms. The zero-order valence-electron chi connectivity index (χ0n) is 17.9. The van der Waals surface area contributed by atoms with Crippen molar-refractivity contribution in [3.05, 3.63) is 46.2 Å². The highest BCUT2D eigenvalue weighted by Crippen LogP contribution is 2.46. The molecule has 8 nitrogen and oxygen atoms in total. The predicted molar refractivity (Wildman–Crippen MR) is 116 cm³/mol. The van der Waals surface area contributed by atoms with Crippen molar-refractivity contribution in [3.8, 4) is 0 Å². The number of nitrogens with zero attached hydrogens (tertiary/aromatic N) is 4. The maximum Gasteiger partial charge on any atom is 0.407 e. The van der Waals surface area contributed by atoms with Crippen LogP contribution >= 0.6 is 11.6 Å².